The van der Waals surface area contributed by atoms with Gasteiger partial charge in [0.15, 0.2) is 5.75 Å². The minimum atomic E-state index is -5.34. The molecule has 5 aromatic rings. The Morgan fingerprint density at radius 2 is 1.44 bits per heavy atom. The van der Waals surface area contributed by atoms with Gasteiger partial charge in [-0.3, -0.25) is 5.04 Å². The van der Waals surface area contributed by atoms with Crippen LogP contribution in [0, 0.1) is 6.08 Å². The third kappa shape index (κ3) is 12.0. The number of aromatic hydroxyl groups is 1. The van der Waals surface area contributed by atoms with E-state index in [2.05, 4.69) is 45.2 Å². The van der Waals surface area contributed by atoms with Crippen molar-refractivity contribution in [2.45, 2.75) is 22.1 Å². The molecular weight excluding hydrogens is 783 g/mol. The number of nitrogens with zero attached hydrogens (tertiary/aromatic N) is 5. The molecule has 1 heterocycles. The molecule has 3 N–H and O–H groups in total. The van der Waals surface area contributed by atoms with Crippen LogP contribution in [0.4, 0.5) is 39.0 Å². The fourth-order valence-corrected chi connectivity index (χ4v) is 5.89. The summed E-state index contributed by atoms with van der Waals surface area (Å²) >= 11 is 0.243. The second-order valence-electron chi connectivity index (χ2n) is 9.17. The van der Waals surface area contributed by atoms with Gasteiger partial charge in [-0.05, 0) is 47.9 Å². The van der Waals surface area contributed by atoms with Gasteiger partial charge in [0.05, 0.1) is 33.8 Å². The quantitative estimate of drug-likeness (QED) is 0.0268. The Morgan fingerprint density at radius 3 is 2.02 bits per heavy atom. The summed E-state index contributed by atoms with van der Waals surface area (Å²) in [6, 6.07) is 15.3. The van der Waals surface area contributed by atoms with E-state index in [0.717, 1.165) is 7.11 Å². The molecule has 18 nitrogen and oxygen atoms in total. The average molecular weight is 804 g/mol. The van der Waals surface area contributed by atoms with Gasteiger partial charge in [-0.2, -0.15) is 23.7 Å². The number of ether oxygens (including phenoxy) is 1. The van der Waals surface area contributed by atoms with Crippen LogP contribution in [0.3, 0.4) is 0 Å². The van der Waals surface area contributed by atoms with Gasteiger partial charge < -0.3 is 34.8 Å². The standard InChI is InChI=1S/C26H20FN7O11S3.CH4.3Na/c1-43-18-12-20(47(37,38)39)17(11-21(18)48(40,41)42)33-34-22-19(46-45-44-36)10-13-9-15(7-8-16(13)23(22)35)29-26-31-24(27)30-25(32-26)28-14-5-3-2-4-6-14;;;;/h2-12,35-36H,1H3,(H,37,38,39)(H,40,41,42)(H2,28,29,30,31,32);1H4;;;/q;;3*+1/p-3. The van der Waals surface area contributed by atoms with Gasteiger partial charge in [-0.1, -0.05) is 25.6 Å². The molecule has 0 saturated heterocycles. The maximum atomic E-state index is 14.2. The molecule has 52 heavy (non-hydrogen) atoms. The van der Waals surface area contributed by atoms with E-state index in [-0.39, 0.29) is 136 Å². The number of anilines is 4. The van der Waals surface area contributed by atoms with E-state index in [1.54, 1.807) is 30.3 Å². The molecule has 0 aliphatic heterocycles. The van der Waals surface area contributed by atoms with Crippen molar-refractivity contribution in [2.75, 3.05) is 17.7 Å². The van der Waals surface area contributed by atoms with E-state index in [0.29, 0.717) is 23.5 Å². The molecule has 25 heteroatoms. The number of methoxy groups -OCH3 is 1. The molecule has 0 saturated carbocycles. The SMILES string of the molecule is C.COc1cc(S(=O)(=O)[O-])c(N=Nc2c(SOO[O-])cc3cc(Nc4nc(F)nc(Nc5ccccc5)n4)ccc3c2O)cc1S(=O)(=O)[O-].[Na+].[Na+].[Na+]. The second-order valence-corrected chi connectivity index (χ2v) is 12.6. The van der Waals surface area contributed by atoms with Gasteiger partial charge in [0, 0.05) is 22.8 Å². The zero-order valence-corrected chi connectivity index (χ0v) is 35.2. The van der Waals surface area contributed by atoms with Crippen LogP contribution in [0.5, 0.6) is 11.5 Å². The molecule has 1 aromatic heterocycles. The topological polar surface area (TPSA) is 273 Å². The molecule has 0 unspecified atom stereocenters. The summed E-state index contributed by atoms with van der Waals surface area (Å²) in [7, 11) is -9.66. The number of azo groups is 1. The van der Waals surface area contributed by atoms with E-state index in [4.69, 9.17) is 4.74 Å². The number of benzene rings is 4. The third-order valence-electron chi connectivity index (χ3n) is 6.14. The van der Waals surface area contributed by atoms with E-state index >= 15 is 0 Å². The van der Waals surface area contributed by atoms with E-state index in [1.807, 2.05) is 0 Å². The van der Waals surface area contributed by atoms with Gasteiger partial charge >= 0.3 is 94.8 Å². The predicted molar refractivity (Wildman–Crippen MR) is 166 cm³/mol. The van der Waals surface area contributed by atoms with Crippen LogP contribution in [-0.4, -0.2) is 53.1 Å². The number of phenols is 1. The Labute approximate surface area is 366 Å². The molecular formula is C27H21FN7Na3O11S3. The predicted octanol–water partition coefficient (Wildman–Crippen LogP) is -4.53. The Hall–Kier alpha value is -2.07. The smallest absolute Gasteiger partial charge is 0.744 e. The number of rotatable bonds is 12. The first-order valence-electron chi connectivity index (χ1n) is 12.8. The zero-order valence-electron chi connectivity index (χ0n) is 26.7. The zero-order chi connectivity index (χ0) is 34.6. The Balaban J connectivity index is 0.00000338. The largest absolute Gasteiger partial charge is 1.00 e. The summed E-state index contributed by atoms with van der Waals surface area (Å²) in [6.07, 6.45) is -1.09. The molecule has 0 atom stereocenters. The Kier molecular flexibility index (Phi) is 19.0. The second kappa shape index (κ2) is 20.6. The average Bonchev–Trinajstić information content (AvgIpc) is 3.02. The normalized spacial score (nSPS) is 11.1. The number of fused-ring (bicyclic) bond motifs is 1. The van der Waals surface area contributed by atoms with Crippen LogP contribution in [0.1, 0.15) is 7.43 Å². The van der Waals surface area contributed by atoms with Gasteiger partial charge in [-0.25, -0.2) is 16.8 Å². The minimum Gasteiger partial charge on any atom is -0.744 e. The van der Waals surface area contributed by atoms with Crippen LogP contribution in [-0.2, 0) is 29.6 Å². The number of para-hydroxylation sites is 1. The van der Waals surface area contributed by atoms with Gasteiger partial charge in [0.25, 0.3) is 0 Å². The molecule has 0 aliphatic rings. The molecule has 5 rings (SSSR count). The summed E-state index contributed by atoms with van der Waals surface area (Å²) in [5.74, 6) is -1.63. The number of aromatic nitrogens is 3. The van der Waals surface area contributed by atoms with Gasteiger partial charge in [0.1, 0.15) is 37.4 Å². The number of hydrogen-bond acceptors (Lipinski definition) is 19. The summed E-state index contributed by atoms with van der Waals surface area (Å²) in [6.45, 7) is 0. The molecule has 0 radical (unpaired) electrons. The van der Waals surface area contributed by atoms with Gasteiger partial charge in [-0.15, -0.1) is 10.2 Å². The van der Waals surface area contributed by atoms with Crippen molar-refractivity contribution < 1.29 is 143 Å². The number of phenolic OH excluding ortho intramolecular Hbond substituents is 1. The molecule has 0 amide bonds. The van der Waals surface area contributed by atoms with E-state index in [9.17, 15) is 40.7 Å². The van der Waals surface area contributed by atoms with Crippen molar-refractivity contribution in [1.82, 2.24) is 15.0 Å². The summed E-state index contributed by atoms with van der Waals surface area (Å²) in [5.41, 5.74) is -0.467. The molecule has 0 fully saturated rings. The van der Waals surface area contributed by atoms with Crippen molar-refractivity contribution in [2.24, 2.45) is 10.2 Å². The molecule has 258 valence electrons. The maximum absolute atomic E-state index is 14.2. The molecule has 4 aromatic carbocycles. The Bertz CT molecular complexity index is 2280. The van der Waals surface area contributed by atoms with Crippen LogP contribution in [0.15, 0.2) is 91.6 Å². The van der Waals surface area contributed by atoms with Crippen LogP contribution < -0.4 is 109 Å². The molecule has 0 bridgehead atoms. The fraction of sp³-hybridized carbons (Fsp3) is 0.0741. The first kappa shape index (κ1) is 48.0. The number of hydrogen-bond donors (Lipinski definition) is 3. The van der Waals surface area contributed by atoms with Crippen molar-refractivity contribution in [3.05, 3.63) is 72.8 Å². The minimum absolute atomic E-state index is 0. The third-order valence-corrected chi connectivity index (χ3v) is 8.48. The van der Waals surface area contributed by atoms with Crippen LogP contribution >= 0.6 is 12.0 Å². The fourth-order valence-electron chi connectivity index (χ4n) is 4.15. The van der Waals surface area contributed by atoms with Crippen molar-refractivity contribution in [3.63, 3.8) is 0 Å². The summed E-state index contributed by atoms with van der Waals surface area (Å²) in [5, 5.41) is 38.4. The van der Waals surface area contributed by atoms with Gasteiger partial charge in [0.2, 0.25) is 11.9 Å². The Morgan fingerprint density at radius 1 is 0.827 bits per heavy atom. The first-order chi connectivity index (χ1) is 22.8. The monoisotopic (exact) mass is 803 g/mol. The maximum Gasteiger partial charge on any atom is 1.00 e. The van der Waals surface area contributed by atoms with E-state index < -0.39 is 59.0 Å². The summed E-state index contributed by atoms with van der Waals surface area (Å²) in [4.78, 5) is 9.07. The van der Waals surface area contributed by atoms with Crippen molar-refractivity contribution in [1.29, 1.82) is 0 Å². The molecule has 0 aliphatic carbocycles. The number of halogens is 1. The molecule has 0 spiro atoms. The summed E-state index contributed by atoms with van der Waals surface area (Å²) < 4.78 is 94.3. The first-order valence-corrected chi connectivity index (χ1v) is 16.3. The number of nitrogens with one attached hydrogen (secondary N) is 2. The van der Waals surface area contributed by atoms with E-state index in [1.165, 1.54) is 24.3 Å². The van der Waals surface area contributed by atoms with Crippen molar-refractivity contribution in [3.8, 4) is 11.5 Å². The van der Waals surface area contributed by atoms with Crippen LogP contribution in [0.2, 0.25) is 0 Å². The van der Waals surface area contributed by atoms with Crippen molar-refractivity contribution >= 4 is 77.7 Å². The van der Waals surface area contributed by atoms with Crippen LogP contribution in [0.25, 0.3) is 10.8 Å².